The van der Waals surface area contributed by atoms with Gasteiger partial charge in [-0.3, -0.25) is 4.79 Å². The summed E-state index contributed by atoms with van der Waals surface area (Å²) in [6, 6.07) is 13.4. The summed E-state index contributed by atoms with van der Waals surface area (Å²) in [4.78, 5) is 16.0. The molecule has 9 nitrogen and oxygen atoms in total. The molecule has 0 saturated carbocycles. The maximum absolute atomic E-state index is 14.1. The Morgan fingerprint density at radius 1 is 1.11 bits per heavy atom. The number of hydrogen-bond acceptors (Lipinski definition) is 9. The Balaban J connectivity index is 1.41. The third-order valence-electron chi connectivity index (χ3n) is 6.84. The fourth-order valence-corrected chi connectivity index (χ4v) is 7.09. The Bertz CT molecular complexity index is 1770. The fourth-order valence-electron chi connectivity index (χ4n) is 4.94. The van der Waals surface area contributed by atoms with Crippen LogP contribution >= 0.6 is 23.1 Å². The van der Waals surface area contributed by atoms with E-state index in [1.165, 1.54) is 0 Å². The van der Waals surface area contributed by atoms with Gasteiger partial charge in [0.05, 0.1) is 30.4 Å². The van der Waals surface area contributed by atoms with Crippen molar-refractivity contribution in [3.05, 3.63) is 68.8 Å². The number of methoxy groups -OCH3 is 1. The second-order valence-corrected chi connectivity index (χ2v) is 11.9. The quantitative estimate of drug-likeness (QED) is 0.284. The van der Waals surface area contributed by atoms with Crippen LogP contribution < -0.4 is 19.8 Å². The monoisotopic (exact) mass is 548 g/mol. The molecule has 3 aromatic heterocycles. The average Bonchev–Trinajstić information content (AvgIpc) is 3.64. The van der Waals surface area contributed by atoms with Gasteiger partial charge in [0, 0.05) is 17.1 Å². The van der Waals surface area contributed by atoms with E-state index in [9.17, 15) is 4.79 Å². The molecule has 0 N–H and O–H groups in total. The summed E-state index contributed by atoms with van der Waals surface area (Å²) >= 11 is 3.15. The minimum Gasteiger partial charge on any atom is -0.497 e. The molecule has 38 heavy (non-hydrogen) atoms. The zero-order valence-electron chi connectivity index (χ0n) is 21.0. The lowest BCUT2D eigenvalue weighted by Gasteiger charge is -2.29. The molecule has 0 unspecified atom stereocenters. The highest BCUT2D eigenvalue weighted by molar-refractivity contribution is 7.98. The molecular formula is C27H24N4O5S2. The highest BCUT2D eigenvalue weighted by Gasteiger charge is 2.32. The Kier molecular flexibility index (Phi) is 5.43. The van der Waals surface area contributed by atoms with Crippen LogP contribution in [0.5, 0.6) is 17.2 Å². The van der Waals surface area contributed by atoms with Gasteiger partial charge in [-0.25, -0.2) is 8.97 Å². The zero-order valence-corrected chi connectivity index (χ0v) is 22.6. The molecule has 0 saturated heterocycles. The lowest BCUT2D eigenvalue weighted by Crippen LogP contribution is -2.32. The summed E-state index contributed by atoms with van der Waals surface area (Å²) in [6.45, 7) is 4.84. The van der Waals surface area contributed by atoms with E-state index in [1.54, 1.807) is 34.8 Å². The third kappa shape index (κ3) is 3.76. The molecule has 2 aliphatic heterocycles. The second kappa shape index (κ2) is 8.75. The molecular weight excluding hydrogens is 524 g/mol. The summed E-state index contributed by atoms with van der Waals surface area (Å²) in [5.74, 6) is 3.35. The first-order chi connectivity index (χ1) is 18.4. The molecule has 0 aliphatic carbocycles. The number of nitrogens with zero attached hydrogens (tertiary/aromatic N) is 4. The van der Waals surface area contributed by atoms with Gasteiger partial charge in [0.2, 0.25) is 12.6 Å². The molecule has 2 aliphatic rings. The molecule has 0 atom stereocenters. The van der Waals surface area contributed by atoms with Crippen LogP contribution in [0.25, 0.3) is 21.7 Å². The van der Waals surface area contributed by atoms with E-state index in [0.717, 1.165) is 32.3 Å². The van der Waals surface area contributed by atoms with Crippen LogP contribution in [-0.4, -0.2) is 38.7 Å². The lowest BCUT2D eigenvalue weighted by molar-refractivity contribution is -0.0379. The number of benzene rings is 2. The Morgan fingerprint density at radius 2 is 1.92 bits per heavy atom. The predicted molar refractivity (Wildman–Crippen MR) is 145 cm³/mol. The van der Waals surface area contributed by atoms with E-state index in [0.29, 0.717) is 46.5 Å². The SMILES string of the molecule is COc1ccc(-n2c(=O)c3c4c(sc3n3c(SCc5ccc6c(c5)OCO6)nnc23)COC(C)(C)C4)cc1. The van der Waals surface area contributed by atoms with Crippen molar-refractivity contribution in [2.75, 3.05) is 13.9 Å². The van der Waals surface area contributed by atoms with Gasteiger partial charge >= 0.3 is 0 Å². The van der Waals surface area contributed by atoms with Crippen LogP contribution in [0.15, 0.2) is 52.4 Å². The van der Waals surface area contributed by atoms with Crippen molar-refractivity contribution in [2.45, 2.75) is 43.4 Å². The number of thiophene rings is 1. The van der Waals surface area contributed by atoms with Crippen LogP contribution in [0.3, 0.4) is 0 Å². The van der Waals surface area contributed by atoms with Crippen molar-refractivity contribution in [3.63, 3.8) is 0 Å². The first-order valence-corrected chi connectivity index (χ1v) is 14.0. The highest BCUT2D eigenvalue weighted by atomic mass is 32.2. The van der Waals surface area contributed by atoms with E-state index < -0.39 is 0 Å². The molecule has 0 bridgehead atoms. The van der Waals surface area contributed by atoms with Gasteiger partial charge in [-0.1, -0.05) is 17.8 Å². The number of fused-ring (bicyclic) bond motifs is 6. The Morgan fingerprint density at radius 3 is 2.74 bits per heavy atom. The van der Waals surface area contributed by atoms with E-state index in [2.05, 4.69) is 24.0 Å². The largest absolute Gasteiger partial charge is 0.497 e. The van der Waals surface area contributed by atoms with Crippen LogP contribution in [-0.2, 0) is 23.5 Å². The van der Waals surface area contributed by atoms with Crippen LogP contribution in [0.2, 0.25) is 0 Å². The topological polar surface area (TPSA) is 89.1 Å². The van der Waals surface area contributed by atoms with Crippen molar-refractivity contribution in [1.82, 2.24) is 19.2 Å². The van der Waals surface area contributed by atoms with Crippen molar-refractivity contribution in [3.8, 4) is 22.9 Å². The number of hydrogen-bond donors (Lipinski definition) is 0. The molecule has 2 aromatic carbocycles. The van der Waals surface area contributed by atoms with Gasteiger partial charge in [-0.05, 0) is 61.4 Å². The van der Waals surface area contributed by atoms with Gasteiger partial charge in [-0.15, -0.1) is 21.5 Å². The second-order valence-electron chi connectivity index (χ2n) is 9.84. The molecule has 11 heteroatoms. The van der Waals surface area contributed by atoms with Crippen molar-refractivity contribution < 1.29 is 18.9 Å². The average molecular weight is 549 g/mol. The standard InChI is InChI=1S/C27H24N4O5S2/c1-27(2)11-18-21(12-36-27)38-24-22(18)23(32)30(16-5-7-17(33-3)8-6-16)25-28-29-26(31(24)25)37-13-15-4-9-19-20(10-15)35-14-34-19/h4-10H,11-14H2,1-3H3. The van der Waals surface area contributed by atoms with E-state index in [1.807, 2.05) is 46.9 Å². The maximum atomic E-state index is 14.1. The van der Waals surface area contributed by atoms with E-state index >= 15 is 0 Å². The molecule has 5 aromatic rings. The molecule has 5 heterocycles. The first kappa shape index (κ1) is 23.6. The normalized spacial score (nSPS) is 15.8. The summed E-state index contributed by atoms with van der Waals surface area (Å²) in [5.41, 5.74) is 2.38. The van der Waals surface area contributed by atoms with Gasteiger partial charge in [0.1, 0.15) is 10.6 Å². The van der Waals surface area contributed by atoms with Gasteiger partial charge in [0.15, 0.2) is 16.7 Å². The summed E-state index contributed by atoms with van der Waals surface area (Å²) in [5, 5.41) is 10.5. The van der Waals surface area contributed by atoms with E-state index in [-0.39, 0.29) is 18.0 Å². The number of rotatable bonds is 5. The molecule has 7 rings (SSSR count). The van der Waals surface area contributed by atoms with Crippen molar-refractivity contribution in [1.29, 1.82) is 0 Å². The summed E-state index contributed by atoms with van der Waals surface area (Å²) in [7, 11) is 1.62. The van der Waals surface area contributed by atoms with Crippen LogP contribution in [0.1, 0.15) is 29.9 Å². The van der Waals surface area contributed by atoms with Crippen molar-refractivity contribution in [2.24, 2.45) is 0 Å². The first-order valence-electron chi connectivity index (χ1n) is 12.2. The zero-order chi connectivity index (χ0) is 26.0. The molecule has 0 fully saturated rings. The molecule has 0 spiro atoms. The molecule has 0 radical (unpaired) electrons. The molecule has 0 amide bonds. The smallest absolute Gasteiger partial charge is 0.268 e. The van der Waals surface area contributed by atoms with Gasteiger partial charge in [-0.2, -0.15) is 0 Å². The van der Waals surface area contributed by atoms with E-state index in [4.69, 9.17) is 18.9 Å². The number of aromatic nitrogens is 4. The summed E-state index contributed by atoms with van der Waals surface area (Å²) < 4.78 is 26.1. The highest BCUT2D eigenvalue weighted by Crippen LogP contribution is 2.40. The third-order valence-corrected chi connectivity index (χ3v) is 9.03. The minimum atomic E-state index is -0.350. The summed E-state index contributed by atoms with van der Waals surface area (Å²) in [6.07, 6.45) is 0.660. The predicted octanol–water partition coefficient (Wildman–Crippen LogP) is 4.98. The van der Waals surface area contributed by atoms with Crippen molar-refractivity contribution >= 4 is 39.1 Å². The number of thioether (sulfide) groups is 1. The van der Waals surface area contributed by atoms with Crippen LogP contribution in [0, 0.1) is 0 Å². The fraction of sp³-hybridized carbons (Fsp3) is 0.296. The maximum Gasteiger partial charge on any atom is 0.268 e. The van der Waals surface area contributed by atoms with Gasteiger partial charge in [0.25, 0.3) is 5.56 Å². The number of ether oxygens (including phenoxy) is 4. The Hall–Kier alpha value is -3.54. The lowest BCUT2D eigenvalue weighted by atomic mass is 9.94. The minimum absolute atomic E-state index is 0.104. The van der Waals surface area contributed by atoms with Gasteiger partial charge < -0.3 is 18.9 Å². The Labute approximate surface area is 225 Å². The van der Waals surface area contributed by atoms with Crippen LogP contribution in [0.4, 0.5) is 0 Å². The molecule has 194 valence electrons.